The fourth-order valence-electron chi connectivity index (χ4n) is 1.85. The minimum absolute atomic E-state index is 0.667. The smallest absolute Gasteiger partial charge is 0.140 e. The summed E-state index contributed by atoms with van der Waals surface area (Å²) in [4.78, 5) is 6.24. The van der Waals surface area contributed by atoms with Crippen molar-refractivity contribution >= 4 is 11.5 Å². The highest BCUT2D eigenvalue weighted by Gasteiger charge is 2.03. The highest BCUT2D eigenvalue weighted by molar-refractivity contribution is 5.49. The molecule has 0 fully saturated rings. The molecule has 2 rings (SSSR count). The molecule has 1 aromatic heterocycles. The van der Waals surface area contributed by atoms with Gasteiger partial charge in [0, 0.05) is 25.5 Å². The Hall–Kier alpha value is -2.27. The Morgan fingerprint density at radius 1 is 1.26 bits per heavy atom. The Morgan fingerprint density at radius 2 is 2.00 bits per heavy atom. The van der Waals surface area contributed by atoms with Gasteiger partial charge in [-0.3, -0.25) is 0 Å². The highest BCUT2D eigenvalue weighted by Crippen LogP contribution is 2.20. The van der Waals surface area contributed by atoms with E-state index in [1.165, 1.54) is 0 Å². The molecule has 19 heavy (non-hydrogen) atoms. The minimum Gasteiger partial charge on any atom is -0.497 e. The molecule has 0 saturated carbocycles. The van der Waals surface area contributed by atoms with Gasteiger partial charge in [-0.05, 0) is 42.0 Å². The van der Waals surface area contributed by atoms with E-state index in [4.69, 9.17) is 10.6 Å². The molecule has 0 aliphatic carbocycles. The van der Waals surface area contributed by atoms with Crippen LogP contribution in [0, 0.1) is 0 Å². The quantitative estimate of drug-likeness (QED) is 0.634. The second-order valence-corrected chi connectivity index (χ2v) is 4.25. The number of aromatic nitrogens is 1. The zero-order valence-electron chi connectivity index (χ0n) is 11.1. The van der Waals surface area contributed by atoms with Gasteiger partial charge in [0.05, 0.1) is 7.11 Å². The predicted molar refractivity (Wildman–Crippen MR) is 77.1 cm³/mol. The number of nitrogens with one attached hydrogen (secondary N) is 1. The zero-order valence-corrected chi connectivity index (χ0v) is 11.1. The number of anilines is 2. The van der Waals surface area contributed by atoms with Gasteiger partial charge in [-0.25, -0.2) is 10.8 Å². The molecule has 100 valence electrons. The number of rotatable bonds is 5. The molecule has 0 unspecified atom stereocenters. The van der Waals surface area contributed by atoms with Crippen molar-refractivity contribution in [1.29, 1.82) is 0 Å². The molecule has 0 saturated heterocycles. The molecule has 0 spiro atoms. The van der Waals surface area contributed by atoms with Crippen LogP contribution in [-0.4, -0.2) is 19.1 Å². The third-order valence-electron chi connectivity index (χ3n) is 2.91. The summed E-state index contributed by atoms with van der Waals surface area (Å²) >= 11 is 0. The van der Waals surface area contributed by atoms with Crippen LogP contribution in [0.3, 0.4) is 0 Å². The largest absolute Gasteiger partial charge is 0.497 e. The average molecular weight is 258 g/mol. The predicted octanol–water partition coefficient (Wildman–Crippen LogP) is 2.01. The Bertz CT molecular complexity index is 527. The summed E-state index contributed by atoms with van der Waals surface area (Å²) in [6.45, 7) is 0.781. The highest BCUT2D eigenvalue weighted by atomic mass is 16.5. The number of nitrogens with zero attached hydrogens (tertiary/aromatic N) is 2. The van der Waals surface area contributed by atoms with Gasteiger partial charge in [-0.2, -0.15) is 0 Å². The van der Waals surface area contributed by atoms with Gasteiger partial charge < -0.3 is 15.1 Å². The van der Waals surface area contributed by atoms with Crippen molar-refractivity contribution in [1.82, 2.24) is 4.98 Å². The Balaban J connectivity index is 2.08. The van der Waals surface area contributed by atoms with E-state index >= 15 is 0 Å². The van der Waals surface area contributed by atoms with Crippen molar-refractivity contribution in [3.8, 4) is 5.75 Å². The molecule has 1 heterocycles. The fraction of sp³-hybridized carbons (Fsp3) is 0.214. The third-order valence-corrected chi connectivity index (χ3v) is 2.91. The standard InChI is InChI=1S/C14H18N4O/c1-18(12-3-5-13(19-2)6-4-12)10-11-7-8-16-14(9-11)17-15/h3-9H,10,15H2,1-2H3,(H,16,17). The summed E-state index contributed by atoms with van der Waals surface area (Å²) in [5, 5.41) is 0. The second kappa shape index (κ2) is 6.06. The van der Waals surface area contributed by atoms with Crippen molar-refractivity contribution in [3.63, 3.8) is 0 Å². The van der Waals surface area contributed by atoms with E-state index in [2.05, 4.69) is 15.3 Å². The number of nitrogens with two attached hydrogens (primary N) is 1. The van der Waals surface area contributed by atoms with Gasteiger partial charge in [0.25, 0.3) is 0 Å². The van der Waals surface area contributed by atoms with Crippen LogP contribution in [0.15, 0.2) is 42.6 Å². The number of ether oxygens (including phenoxy) is 1. The Labute approximate surface area is 113 Å². The maximum absolute atomic E-state index is 5.35. The molecule has 0 aliphatic rings. The van der Waals surface area contributed by atoms with Crippen LogP contribution in [0.25, 0.3) is 0 Å². The maximum Gasteiger partial charge on any atom is 0.140 e. The first-order valence-corrected chi connectivity index (χ1v) is 5.99. The monoisotopic (exact) mass is 258 g/mol. The topological polar surface area (TPSA) is 63.4 Å². The van der Waals surface area contributed by atoms with Crippen LogP contribution >= 0.6 is 0 Å². The molecule has 2 aromatic rings. The average Bonchev–Trinajstić information content (AvgIpc) is 2.47. The lowest BCUT2D eigenvalue weighted by Crippen LogP contribution is -2.17. The fourth-order valence-corrected chi connectivity index (χ4v) is 1.85. The maximum atomic E-state index is 5.35. The molecular weight excluding hydrogens is 240 g/mol. The van der Waals surface area contributed by atoms with E-state index in [0.717, 1.165) is 23.5 Å². The van der Waals surface area contributed by atoms with Crippen molar-refractivity contribution < 1.29 is 4.74 Å². The molecule has 3 N–H and O–H groups in total. The van der Waals surface area contributed by atoms with Crippen LogP contribution in [0.1, 0.15) is 5.56 Å². The van der Waals surface area contributed by atoms with E-state index in [1.807, 2.05) is 43.4 Å². The lowest BCUT2D eigenvalue weighted by Gasteiger charge is -2.19. The van der Waals surface area contributed by atoms with Crippen LogP contribution in [0.2, 0.25) is 0 Å². The number of hydrogen-bond acceptors (Lipinski definition) is 5. The molecule has 0 amide bonds. The molecule has 0 aliphatic heterocycles. The van der Waals surface area contributed by atoms with Crippen molar-refractivity contribution in [2.45, 2.75) is 6.54 Å². The summed E-state index contributed by atoms with van der Waals surface area (Å²) in [5.41, 5.74) is 4.81. The summed E-state index contributed by atoms with van der Waals surface area (Å²) in [6, 6.07) is 11.9. The van der Waals surface area contributed by atoms with E-state index in [9.17, 15) is 0 Å². The van der Waals surface area contributed by atoms with Crippen molar-refractivity contribution in [3.05, 3.63) is 48.2 Å². The Morgan fingerprint density at radius 3 is 2.63 bits per heavy atom. The van der Waals surface area contributed by atoms with Gasteiger partial charge in [0.2, 0.25) is 0 Å². The van der Waals surface area contributed by atoms with Gasteiger partial charge in [0.15, 0.2) is 0 Å². The first-order chi connectivity index (χ1) is 9.22. The molecule has 5 nitrogen and oxygen atoms in total. The van der Waals surface area contributed by atoms with Gasteiger partial charge in [-0.15, -0.1) is 0 Å². The lowest BCUT2D eigenvalue weighted by atomic mass is 10.2. The first kappa shape index (κ1) is 13.2. The summed E-state index contributed by atoms with van der Waals surface area (Å²) in [7, 11) is 3.70. The second-order valence-electron chi connectivity index (χ2n) is 4.25. The van der Waals surface area contributed by atoms with Crippen LogP contribution in [-0.2, 0) is 6.54 Å². The number of pyridine rings is 1. The number of benzene rings is 1. The normalized spacial score (nSPS) is 10.1. The number of hydrogen-bond donors (Lipinski definition) is 2. The van der Waals surface area contributed by atoms with Crippen LogP contribution in [0.4, 0.5) is 11.5 Å². The summed E-state index contributed by atoms with van der Waals surface area (Å²) < 4.78 is 5.15. The van der Waals surface area contributed by atoms with E-state index < -0.39 is 0 Å². The van der Waals surface area contributed by atoms with Gasteiger partial charge in [-0.1, -0.05) is 0 Å². The summed E-state index contributed by atoms with van der Waals surface area (Å²) in [6.07, 6.45) is 1.74. The van der Waals surface area contributed by atoms with Gasteiger partial charge in [0.1, 0.15) is 11.6 Å². The molecule has 0 atom stereocenters. The van der Waals surface area contributed by atoms with E-state index in [-0.39, 0.29) is 0 Å². The molecule has 1 aromatic carbocycles. The van der Waals surface area contributed by atoms with Crippen molar-refractivity contribution in [2.75, 3.05) is 24.5 Å². The Kier molecular flexibility index (Phi) is 4.20. The van der Waals surface area contributed by atoms with Crippen LogP contribution < -0.4 is 20.9 Å². The molecule has 0 radical (unpaired) electrons. The van der Waals surface area contributed by atoms with E-state index in [1.54, 1.807) is 13.3 Å². The number of hydrazine groups is 1. The first-order valence-electron chi connectivity index (χ1n) is 5.99. The third kappa shape index (κ3) is 3.35. The van der Waals surface area contributed by atoms with Gasteiger partial charge >= 0.3 is 0 Å². The molecule has 0 bridgehead atoms. The minimum atomic E-state index is 0.667. The number of nitrogen functional groups attached to an aromatic ring is 1. The summed E-state index contributed by atoms with van der Waals surface area (Å²) in [5.74, 6) is 6.88. The van der Waals surface area contributed by atoms with E-state index in [0.29, 0.717) is 5.82 Å². The molecule has 5 heteroatoms. The SMILES string of the molecule is COc1ccc(N(C)Cc2ccnc(NN)c2)cc1. The van der Waals surface area contributed by atoms with Crippen LogP contribution in [0.5, 0.6) is 5.75 Å². The molecular formula is C14H18N4O. The lowest BCUT2D eigenvalue weighted by molar-refractivity contribution is 0.415. The zero-order chi connectivity index (χ0) is 13.7. The van der Waals surface area contributed by atoms with Crippen molar-refractivity contribution in [2.24, 2.45) is 5.84 Å². The number of methoxy groups -OCH3 is 1.